The van der Waals surface area contributed by atoms with Crippen LogP contribution in [0.4, 0.5) is 0 Å². The minimum Gasteiger partial charge on any atom is -0.305 e. The smallest absolute Gasteiger partial charge is 0.119 e. The van der Waals surface area contributed by atoms with Crippen LogP contribution in [0.1, 0.15) is 13.3 Å². The predicted octanol–water partition coefficient (Wildman–Crippen LogP) is 1.43. The number of rotatable bonds is 2. The van der Waals surface area contributed by atoms with Gasteiger partial charge in [-0.3, -0.25) is 0 Å². The van der Waals surface area contributed by atoms with Gasteiger partial charge in [-0.25, -0.2) is 0 Å². The normalized spacial score (nSPS) is 9.20. The Kier molecular flexibility index (Phi) is 7.84. The van der Waals surface area contributed by atoms with Crippen molar-refractivity contribution in [3.05, 3.63) is 12.8 Å². The van der Waals surface area contributed by atoms with Gasteiger partial charge in [0.25, 0.3) is 0 Å². The Bertz CT molecular complexity index is 91.9. The molecule has 0 aromatic heterocycles. The molecule has 0 atom stereocenters. The molecule has 0 spiro atoms. The van der Waals surface area contributed by atoms with Gasteiger partial charge >= 0.3 is 0 Å². The molecule has 0 unspecified atom stereocenters. The summed E-state index contributed by atoms with van der Waals surface area (Å²) in [6.45, 7) is 5.42. The first-order chi connectivity index (χ1) is 4.47. The molecule has 60 valence electrons. The summed E-state index contributed by atoms with van der Waals surface area (Å²) in [6.07, 6.45) is 3.39. The third-order valence-corrected chi connectivity index (χ3v) is 0.714. The second-order valence-electron chi connectivity index (χ2n) is 2.87. The summed E-state index contributed by atoms with van der Waals surface area (Å²) in [6, 6.07) is 0. The van der Waals surface area contributed by atoms with Crippen molar-refractivity contribution in [1.29, 1.82) is 0 Å². The first kappa shape index (κ1) is 12.1. The maximum Gasteiger partial charge on any atom is 0.119 e. The predicted molar refractivity (Wildman–Crippen MR) is 44.6 cm³/mol. The van der Waals surface area contributed by atoms with E-state index in [-0.39, 0.29) is 0 Å². The lowest BCUT2D eigenvalue weighted by atomic mass is 10.6. The van der Waals surface area contributed by atoms with E-state index in [2.05, 4.69) is 27.7 Å². The summed E-state index contributed by atoms with van der Waals surface area (Å²) < 4.78 is 0.833. The number of aldehydes is 1. The van der Waals surface area contributed by atoms with Gasteiger partial charge in [-0.05, 0) is 6.58 Å². The highest BCUT2D eigenvalue weighted by atomic mass is 16.1. The third kappa shape index (κ3) is 26.3. The van der Waals surface area contributed by atoms with Gasteiger partial charge < -0.3 is 9.28 Å². The number of carbonyl (C=O) groups excluding carboxylic acids is 1. The molecule has 0 heterocycles. The van der Waals surface area contributed by atoms with Crippen LogP contribution in [0.15, 0.2) is 12.8 Å². The summed E-state index contributed by atoms with van der Waals surface area (Å²) >= 11 is 0. The van der Waals surface area contributed by atoms with Crippen molar-refractivity contribution in [2.24, 2.45) is 0 Å². The van der Waals surface area contributed by atoms with E-state index in [0.29, 0.717) is 6.42 Å². The molecule has 0 bridgehead atoms. The maximum absolute atomic E-state index is 9.17. The quantitative estimate of drug-likeness (QED) is 0.423. The largest absolute Gasteiger partial charge is 0.305 e. The van der Waals surface area contributed by atoms with Crippen molar-refractivity contribution >= 4 is 6.29 Å². The van der Waals surface area contributed by atoms with Crippen molar-refractivity contribution < 1.29 is 9.28 Å². The molecule has 0 radical (unpaired) electrons. The number of carbonyl (C=O) groups is 1. The van der Waals surface area contributed by atoms with E-state index in [1.165, 1.54) is 0 Å². The van der Waals surface area contributed by atoms with E-state index < -0.39 is 0 Å². The van der Waals surface area contributed by atoms with Crippen LogP contribution in [-0.2, 0) is 4.79 Å². The zero-order valence-electron chi connectivity index (χ0n) is 7.42. The molecule has 0 rings (SSSR count). The average molecular weight is 144 g/mol. The zero-order valence-corrected chi connectivity index (χ0v) is 7.42. The van der Waals surface area contributed by atoms with Gasteiger partial charge in [0.05, 0.1) is 27.3 Å². The molecule has 0 aromatic rings. The second-order valence-corrected chi connectivity index (χ2v) is 2.87. The van der Waals surface area contributed by atoms with E-state index in [0.717, 1.165) is 10.8 Å². The molecule has 0 aliphatic heterocycles. The van der Waals surface area contributed by atoms with Crippen LogP contribution in [0.25, 0.3) is 0 Å². The molecule has 10 heavy (non-hydrogen) atoms. The molecule has 0 N–H and O–H groups in total. The first-order valence-corrected chi connectivity index (χ1v) is 3.36. The lowest BCUT2D eigenvalue weighted by Crippen LogP contribution is -2.25. The van der Waals surface area contributed by atoms with Gasteiger partial charge in [0.1, 0.15) is 6.29 Å². The Morgan fingerprint density at radius 3 is 1.60 bits per heavy atom. The Labute approximate surface area is 63.7 Å². The number of hydrogen-bond acceptors (Lipinski definition) is 1. The highest BCUT2D eigenvalue weighted by molar-refractivity contribution is 5.48. The van der Waals surface area contributed by atoms with Crippen LogP contribution in [-0.4, -0.2) is 31.9 Å². The molecule has 0 saturated carbocycles. The summed E-state index contributed by atoms with van der Waals surface area (Å²) in [5.41, 5.74) is 0. The molecular formula is C8H18NO+. The summed E-state index contributed by atoms with van der Waals surface area (Å²) in [5.74, 6) is 0. The molecule has 0 fully saturated rings. The van der Waals surface area contributed by atoms with Gasteiger partial charge in [0, 0.05) is 6.42 Å². The second kappa shape index (κ2) is 6.49. The lowest BCUT2D eigenvalue weighted by molar-refractivity contribution is -0.816. The minimum absolute atomic E-state index is 0.639. The fraction of sp³-hybridized carbons (Fsp3) is 0.625. The molecular weight excluding hydrogens is 126 g/mol. The summed E-state index contributed by atoms with van der Waals surface area (Å²) in [4.78, 5) is 9.17. The molecule has 0 aliphatic carbocycles. The van der Waals surface area contributed by atoms with Crippen molar-refractivity contribution in [3.8, 4) is 0 Å². The van der Waals surface area contributed by atoms with Crippen molar-refractivity contribution in [2.45, 2.75) is 13.3 Å². The number of quaternary nitrogens is 1. The Balaban J connectivity index is 0. The fourth-order valence-electron chi connectivity index (χ4n) is 0. The third-order valence-electron chi connectivity index (χ3n) is 0.714. The van der Waals surface area contributed by atoms with Gasteiger partial charge in [-0.15, -0.1) is 0 Å². The van der Waals surface area contributed by atoms with Crippen LogP contribution in [0, 0.1) is 0 Å². The average Bonchev–Trinajstić information content (AvgIpc) is 1.87. The van der Waals surface area contributed by atoms with Crippen molar-refractivity contribution in [1.82, 2.24) is 0 Å². The van der Waals surface area contributed by atoms with E-state index in [4.69, 9.17) is 0 Å². The van der Waals surface area contributed by atoms with Gasteiger partial charge in [-0.2, -0.15) is 0 Å². The Morgan fingerprint density at radius 2 is 1.60 bits per heavy atom. The van der Waals surface area contributed by atoms with Gasteiger partial charge in [0.15, 0.2) is 0 Å². The number of hydrogen-bond donors (Lipinski definition) is 0. The molecule has 0 saturated heterocycles. The Morgan fingerprint density at radius 1 is 1.40 bits per heavy atom. The maximum atomic E-state index is 9.17. The lowest BCUT2D eigenvalue weighted by Gasteiger charge is -2.15. The van der Waals surface area contributed by atoms with Crippen LogP contribution in [0.5, 0.6) is 0 Å². The highest BCUT2D eigenvalue weighted by Crippen LogP contribution is 1.85. The summed E-state index contributed by atoms with van der Waals surface area (Å²) in [5, 5.41) is 0. The molecule has 0 amide bonds. The first-order valence-electron chi connectivity index (χ1n) is 3.36. The Hall–Kier alpha value is -0.630. The monoisotopic (exact) mass is 144 g/mol. The summed E-state index contributed by atoms with van der Waals surface area (Å²) in [7, 11) is 6.19. The van der Waals surface area contributed by atoms with Crippen LogP contribution >= 0.6 is 0 Å². The van der Waals surface area contributed by atoms with Gasteiger partial charge in [-0.1, -0.05) is 6.92 Å². The molecule has 0 aliphatic rings. The van der Waals surface area contributed by atoms with Crippen LogP contribution in [0.2, 0.25) is 0 Å². The minimum atomic E-state index is 0.639. The topological polar surface area (TPSA) is 17.1 Å². The standard InChI is InChI=1S/C5H12N.C3H6O/c1-5-6(2,3)4;1-2-3-4/h5H,1H2,2-4H3;3H,2H2,1H3/q+1;. The van der Waals surface area contributed by atoms with Gasteiger partial charge in [0.2, 0.25) is 0 Å². The van der Waals surface area contributed by atoms with E-state index in [9.17, 15) is 4.79 Å². The van der Waals surface area contributed by atoms with E-state index in [1.54, 1.807) is 0 Å². The van der Waals surface area contributed by atoms with E-state index >= 15 is 0 Å². The van der Waals surface area contributed by atoms with Crippen molar-refractivity contribution in [2.75, 3.05) is 21.1 Å². The zero-order chi connectivity index (χ0) is 8.62. The van der Waals surface area contributed by atoms with Crippen LogP contribution in [0.3, 0.4) is 0 Å². The van der Waals surface area contributed by atoms with Crippen molar-refractivity contribution in [3.63, 3.8) is 0 Å². The molecule has 2 heteroatoms. The number of nitrogens with zero attached hydrogens (tertiary/aromatic N) is 1. The highest BCUT2D eigenvalue weighted by Gasteiger charge is 1.94. The SMILES string of the molecule is C=C[N+](C)(C)C.CCC=O. The van der Waals surface area contributed by atoms with E-state index in [1.807, 2.05) is 13.1 Å². The molecule has 0 aromatic carbocycles. The van der Waals surface area contributed by atoms with Crippen LogP contribution < -0.4 is 0 Å². The molecule has 2 nitrogen and oxygen atoms in total. The fourth-order valence-corrected chi connectivity index (χ4v) is 0.